The van der Waals surface area contributed by atoms with Gasteiger partial charge in [-0.15, -0.1) is 0 Å². The van der Waals surface area contributed by atoms with E-state index < -0.39 is 5.60 Å². The molecule has 5 rings (SSSR count). The maximum Gasteiger partial charge on any atom is 0.155 e. The van der Waals surface area contributed by atoms with Crippen molar-refractivity contribution in [1.29, 1.82) is 0 Å². The van der Waals surface area contributed by atoms with Gasteiger partial charge >= 0.3 is 0 Å². The number of methoxy groups -OCH3 is 1. The second-order valence-corrected chi connectivity index (χ2v) is 14.3. The van der Waals surface area contributed by atoms with Crippen molar-refractivity contribution >= 4 is 11.5 Å². The summed E-state index contributed by atoms with van der Waals surface area (Å²) in [6.45, 7) is 13.6. The number of fused-ring (bicyclic) bond motifs is 5. The second kappa shape index (κ2) is 9.85. The summed E-state index contributed by atoms with van der Waals surface area (Å²) in [4.78, 5) is 14.7. The highest BCUT2D eigenvalue weighted by molar-refractivity contribution is 5.91. The normalized spacial score (nSPS) is 36.5. The number of carbonyl (C=O) groups excluding carboxylic acids is 1. The van der Waals surface area contributed by atoms with E-state index in [-0.39, 0.29) is 10.8 Å². The number of carbonyl (C=O) groups is 1. The SMILES string of the molecule is CO[C@@]1(C#CC(C)(C)C)CC[C@H]2[C@@H]3CCC4=CC(=O)CC[C@@H]4[C@H]3[C@@H](c3ccc(N(C)C(C)C)cc3)C[C@@]21C. The van der Waals surface area contributed by atoms with E-state index in [1.807, 2.05) is 13.2 Å². The van der Waals surface area contributed by atoms with Gasteiger partial charge in [-0.3, -0.25) is 4.79 Å². The Balaban J connectivity index is 1.59. The van der Waals surface area contributed by atoms with Gasteiger partial charge in [0, 0.05) is 43.1 Å². The predicted molar refractivity (Wildman–Crippen MR) is 157 cm³/mol. The van der Waals surface area contributed by atoms with Gasteiger partial charge in [-0.1, -0.05) is 36.5 Å². The van der Waals surface area contributed by atoms with Gasteiger partial charge in [0.1, 0.15) is 5.60 Å². The van der Waals surface area contributed by atoms with Gasteiger partial charge in [-0.25, -0.2) is 0 Å². The molecule has 1 aromatic rings. The molecule has 0 heterocycles. The van der Waals surface area contributed by atoms with Crippen LogP contribution in [0.4, 0.5) is 5.69 Å². The van der Waals surface area contributed by atoms with E-state index in [1.54, 1.807) is 0 Å². The highest BCUT2D eigenvalue weighted by Gasteiger charge is 2.65. The van der Waals surface area contributed by atoms with Crippen molar-refractivity contribution in [3.63, 3.8) is 0 Å². The highest BCUT2D eigenvalue weighted by atomic mass is 16.5. The zero-order valence-electron chi connectivity index (χ0n) is 25.1. The maximum absolute atomic E-state index is 12.4. The Morgan fingerprint density at radius 2 is 1.76 bits per heavy atom. The van der Waals surface area contributed by atoms with E-state index in [1.165, 1.54) is 29.7 Å². The molecule has 0 aromatic heterocycles. The number of benzene rings is 1. The van der Waals surface area contributed by atoms with Crippen LogP contribution < -0.4 is 4.90 Å². The second-order valence-electron chi connectivity index (χ2n) is 14.3. The number of ketones is 1. The fraction of sp³-hybridized carbons (Fsp3) is 0.686. The summed E-state index contributed by atoms with van der Waals surface area (Å²) < 4.78 is 6.49. The van der Waals surface area contributed by atoms with Crippen LogP contribution in [0.5, 0.6) is 0 Å². The van der Waals surface area contributed by atoms with Gasteiger partial charge < -0.3 is 9.64 Å². The zero-order chi connectivity index (χ0) is 27.5. The maximum atomic E-state index is 12.4. The minimum absolute atomic E-state index is 0.00489. The molecular weight excluding hydrogens is 466 g/mol. The largest absolute Gasteiger partial charge is 0.372 e. The number of hydrogen-bond donors (Lipinski definition) is 0. The van der Waals surface area contributed by atoms with Crippen LogP contribution in [0.2, 0.25) is 0 Å². The van der Waals surface area contributed by atoms with Crippen LogP contribution in [0.15, 0.2) is 35.9 Å². The first-order chi connectivity index (χ1) is 17.9. The predicted octanol–water partition coefficient (Wildman–Crippen LogP) is 7.80. The van der Waals surface area contributed by atoms with Crippen LogP contribution in [-0.2, 0) is 9.53 Å². The molecule has 206 valence electrons. The smallest absolute Gasteiger partial charge is 0.155 e. The van der Waals surface area contributed by atoms with E-state index in [2.05, 4.69) is 89.6 Å². The third kappa shape index (κ3) is 4.56. The van der Waals surface area contributed by atoms with Crippen LogP contribution in [0.3, 0.4) is 0 Å². The molecule has 0 spiro atoms. The summed E-state index contributed by atoms with van der Waals surface area (Å²) in [5.41, 5.74) is 3.73. The summed E-state index contributed by atoms with van der Waals surface area (Å²) in [7, 11) is 4.08. The zero-order valence-corrected chi connectivity index (χ0v) is 25.1. The third-order valence-corrected chi connectivity index (χ3v) is 10.9. The number of nitrogens with zero attached hydrogens (tertiary/aromatic N) is 1. The van der Waals surface area contributed by atoms with Gasteiger partial charge in [0.05, 0.1) is 0 Å². The van der Waals surface area contributed by atoms with Gasteiger partial charge in [-0.05, 0) is 127 Å². The molecule has 3 nitrogen and oxygen atoms in total. The molecule has 3 fully saturated rings. The molecule has 3 heteroatoms. The molecule has 4 aliphatic carbocycles. The van der Waals surface area contributed by atoms with Crippen molar-refractivity contribution in [2.24, 2.45) is 34.5 Å². The van der Waals surface area contributed by atoms with E-state index >= 15 is 0 Å². The summed E-state index contributed by atoms with van der Waals surface area (Å²) in [5, 5.41) is 0. The van der Waals surface area contributed by atoms with E-state index in [0.29, 0.717) is 47.8 Å². The minimum atomic E-state index is -0.398. The van der Waals surface area contributed by atoms with Crippen molar-refractivity contribution < 1.29 is 9.53 Å². The Morgan fingerprint density at radius 1 is 1.05 bits per heavy atom. The van der Waals surface area contributed by atoms with Crippen LogP contribution in [0.25, 0.3) is 0 Å². The molecule has 0 radical (unpaired) electrons. The highest BCUT2D eigenvalue weighted by Crippen LogP contribution is 2.68. The minimum Gasteiger partial charge on any atom is -0.372 e. The molecule has 1 aromatic carbocycles. The Labute approximate surface area is 231 Å². The summed E-state index contributed by atoms with van der Waals surface area (Å²) >= 11 is 0. The first-order valence-electron chi connectivity index (χ1n) is 15.0. The summed E-state index contributed by atoms with van der Waals surface area (Å²) in [5.74, 6) is 10.5. The molecular formula is C35H49NO2. The number of rotatable bonds is 4. The average molecular weight is 516 g/mol. The van der Waals surface area contributed by atoms with Gasteiger partial charge in [0.15, 0.2) is 5.78 Å². The Bertz CT molecular complexity index is 1150. The van der Waals surface area contributed by atoms with Crippen molar-refractivity contribution in [3.8, 4) is 11.8 Å². The molecule has 0 saturated heterocycles. The monoisotopic (exact) mass is 515 g/mol. The average Bonchev–Trinajstić information content (AvgIpc) is 3.18. The van der Waals surface area contributed by atoms with Crippen LogP contribution in [0.1, 0.15) is 98.0 Å². The van der Waals surface area contributed by atoms with Crippen molar-refractivity contribution in [2.75, 3.05) is 19.1 Å². The quantitative estimate of drug-likeness (QED) is 0.383. The van der Waals surface area contributed by atoms with Gasteiger partial charge in [-0.2, -0.15) is 0 Å². The lowest BCUT2D eigenvalue weighted by Gasteiger charge is -2.58. The van der Waals surface area contributed by atoms with E-state index in [4.69, 9.17) is 4.74 Å². The Kier molecular flexibility index (Phi) is 7.13. The lowest BCUT2D eigenvalue weighted by molar-refractivity contribution is -0.119. The number of anilines is 1. The van der Waals surface area contributed by atoms with E-state index in [0.717, 1.165) is 25.7 Å². The van der Waals surface area contributed by atoms with E-state index in [9.17, 15) is 4.79 Å². The Hall–Kier alpha value is -2.05. The molecule has 0 unspecified atom stereocenters. The molecule has 0 N–H and O–H groups in total. The lowest BCUT2D eigenvalue weighted by atomic mass is 9.46. The molecule has 38 heavy (non-hydrogen) atoms. The molecule has 3 saturated carbocycles. The Morgan fingerprint density at radius 3 is 2.39 bits per heavy atom. The third-order valence-electron chi connectivity index (χ3n) is 10.9. The summed E-state index contributed by atoms with van der Waals surface area (Å²) in [6.07, 6.45) is 9.36. The van der Waals surface area contributed by atoms with Gasteiger partial charge in [0.2, 0.25) is 0 Å². The number of ether oxygens (including phenoxy) is 1. The van der Waals surface area contributed by atoms with Gasteiger partial charge in [0.25, 0.3) is 0 Å². The van der Waals surface area contributed by atoms with Crippen LogP contribution >= 0.6 is 0 Å². The molecule has 0 bridgehead atoms. The number of allylic oxidation sites excluding steroid dienone is 1. The fourth-order valence-electron chi connectivity index (χ4n) is 8.77. The summed E-state index contributed by atoms with van der Waals surface area (Å²) in [6, 6.07) is 9.90. The standard InChI is InChI=1S/C35H49NO2/c1-23(2)36(7)26-12-9-24(10-13-26)30-22-34(6)31(17-18-35(34,38-8)20-19-33(3,4)5)29-15-11-25-21-27(37)14-16-28(25)32(29)30/h9-10,12-13,21,23,28-32H,11,14-18,22H2,1-8H3/t28-,29-,30+,31-,32+,34-,35+/m0/s1. The topological polar surface area (TPSA) is 29.5 Å². The molecule has 4 aliphatic rings. The molecule has 0 aliphatic heterocycles. The van der Waals surface area contributed by atoms with Crippen molar-refractivity contribution in [1.82, 2.24) is 0 Å². The first-order valence-corrected chi connectivity index (χ1v) is 15.0. The lowest BCUT2D eigenvalue weighted by Crippen LogP contribution is -2.55. The molecule has 7 atom stereocenters. The fourth-order valence-corrected chi connectivity index (χ4v) is 8.77. The van der Waals surface area contributed by atoms with Crippen molar-refractivity contribution in [3.05, 3.63) is 41.5 Å². The number of hydrogen-bond acceptors (Lipinski definition) is 3. The van der Waals surface area contributed by atoms with Crippen LogP contribution in [0, 0.1) is 46.3 Å². The molecule has 0 amide bonds. The first kappa shape index (κ1) is 27.5. The van der Waals surface area contributed by atoms with Crippen LogP contribution in [-0.4, -0.2) is 31.6 Å². The van der Waals surface area contributed by atoms with Crippen molar-refractivity contribution in [2.45, 2.75) is 104 Å².